The molecule has 0 amide bonds. The van der Waals surface area contributed by atoms with Gasteiger partial charge in [-0.2, -0.15) is 0 Å². The molecule has 2 aliphatic carbocycles. The normalized spacial score (nSPS) is 46.8. The van der Waals surface area contributed by atoms with Crippen LogP contribution in [0.5, 0.6) is 0 Å². The smallest absolute Gasteiger partial charge is 0.336 e. The molecule has 6 N–H and O–H groups in total. The first-order valence-corrected chi connectivity index (χ1v) is 15.5. The fraction of sp³-hybridized carbons (Fsp3) is 0.742. The summed E-state index contributed by atoms with van der Waals surface area (Å²) < 4.78 is 33.1. The topological polar surface area (TPSA) is 215 Å². The van der Waals surface area contributed by atoms with Gasteiger partial charge >= 0.3 is 11.9 Å². The Kier molecular flexibility index (Phi) is 8.91. The molecule has 3 aliphatic heterocycles. The minimum absolute atomic E-state index is 0.0694. The summed E-state index contributed by atoms with van der Waals surface area (Å²) >= 11 is 0. The Morgan fingerprint density at radius 3 is 2.49 bits per heavy atom. The summed E-state index contributed by atoms with van der Waals surface area (Å²) in [6, 6.07) is 1.78. The van der Waals surface area contributed by atoms with Gasteiger partial charge in [-0.1, -0.05) is 19.9 Å². The fourth-order valence-corrected chi connectivity index (χ4v) is 8.25. The lowest BCUT2D eigenvalue weighted by Crippen LogP contribution is -2.61. The number of fused-ring (bicyclic) bond motifs is 3. The van der Waals surface area contributed by atoms with Crippen molar-refractivity contribution in [3.63, 3.8) is 0 Å². The van der Waals surface area contributed by atoms with Crippen molar-refractivity contribution in [1.29, 1.82) is 0 Å². The maximum Gasteiger partial charge on any atom is 0.336 e. The van der Waals surface area contributed by atoms with Crippen molar-refractivity contribution in [3.8, 4) is 0 Å². The van der Waals surface area contributed by atoms with E-state index < -0.39 is 84.8 Å². The third-order valence-electron chi connectivity index (χ3n) is 10.8. The van der Waals surface area contributed by atoms with Gasteiger partial charge in [0.1, 0.15) is 48.8 Å². The average molecular weight is 639 g/mol. The second kappa shape index (κ2) is 12.3. The Balaban J connectivity index is 1.16. The van der Waals surface area contributed by atoms with Crippen LogP contribution in [0.2, 0.25) is 0 Å². The maximum atomic E-state index is 13.8. The monoisotopic (exact) mass is 638 g/mol. The summed E-state index contributed by atoms with van der Waals surface area (Å²) in [6.45, 7) is 3.30. The number of esters is 2. The van der Waals surface area contributed by atoms with Gasteiger partial charge in [0.2, 0.25) is 6.29 Å². The number of carbonyl (C=O) groups excluding carboxylic acids is 2. The number of carbonyl (C=O) groups is 2. The lowest BCUT2D eigenvalue weighted by Gasteiger charge is -2.59. The molecule has 6 rings (SSSR count). The van der Waals surface area contributed by atoms with Gasteiger partial charge in [0.05, 0.1) is 31.7 Å². The van der Waals surface area contributed by atoms with Crippen LogP contribution in [-0.2, 0) is 33.3 Å². The zero-order valence-electron chi connectivity index (χ0n) is 25.1. The molecule has 3 saturated heterocycles. The first-order valence-electron chi connectivity index (χ1n) is 15.5. The van der Waals surface area contributed by atoms with Crippen molar-refractivity contribution in [2.24, 2.45) is 22.7 Å². The van der Waals surface area contributed by atoms with E-state index in [1.807, 2.05) is 13.0 Å². The second-order valence-corrected chi connectivity index (χ2v) is 13.5. The van der Waals surface area contributed by atoms with Crippen molar-refractivity contribution < 1.29 is 68.3 Å². The van der Waals surface area contributed by atoms with E-state index in [1.165, 1.54) is 6.26 Å². The van der Waals surface area contributed by atoms with Crippen molar-refractivity contribution >= 4 is 11.9 Å². The van der Waals surface area contributed by atoms with E-state index in [2.05, 4.69) is 6.92 Å². The highest BCUT2D eigenvalue weighted by Crippen LogP contribution is 2.64. The summed E-state index contributed by atoms with van der Waals surface area (Å²) in [4.78, 5) is 27.0. The van der Waals surface area contributed by atoms with Gasteiger partial charge in [0.15, 0.2) is 6.29 Å². The lowest BCUT2D eigenvalue weighted by molar-refractivity contribution is -0.314. The van der Waals surface area contributed by atoms with E-state index in [0.717, 1.165) is 12.0 Å². The van der Waals surface area contributed by atoms with Gasteiger partial charge in [0, 0.05) is 16.6 Å². The van der Waals surface area contributed by atoms with E-state index in [0.29, 0.717) is 31.3 Å². The van der Waals surface area contributed by atoms with E-state index >= 15 is 0 Å². The molecule has 14 heteroatoms. The second-order valence-electron chi connectivity index (χ2n) is 13.5. The molecule has 0 radical (unpaired) electrons. The van der Waals surface area contributed by atoms with Gasteiger partial charge in [-0.3, -0.25) is 4.79 Å². The minimum atomic E-state index is -1.78. The quantitative estimate of drug-likeness (QED) is 0.223. The zero-order valence-corrected chi connectivity index (χ0v) is 25.1. The Hall–Kier alpha value is -2.40. The predicted molar refractivity (Wildman–Crippen MR) is 148 cm³/mol. The summed E-state index contributed by atoms with van der Waals surface area (Å²) in [5, 5.41) is 61.5. The molecular formula is C31H42O14. The largest absolute Gasteiger partial charge is 0.472 e. The maximum absolute atomic E-state index is 13.8. The molecule has 0 aromatic carbocycles. The van der Waals surface area contributed by atoms with Crippen LogP contribution >= 0.6 is 0 Å². The van der Waals surface area contributed by atoms with Crippen molar-refractivity contribution in [2.75, 3.05) is 13.2 Å². The highest BCUT2D eigenvalue weighted by Gasteiger charge is 2.62. The van der Waals surface area contributed by atoms with E-state index in [-0.39, 0.29) is 24.4 Å². The number of furan rings is 1. The molecule has 0 spiro atoms. The van der Waals surface area contributed by atoms with Gasteiger partial charge < -0.3 is 58.7 Å². The summed E-state index contributed by atoms with van der Waals surface area (Å²) in [7, 11) is 0. The first kappa shape index (κ1) is 32.5. The molecule has 0 unspecified atom stereocenters. The third kappa shape index (κ3) is 5.63. The van der Waals surface area contributed by atoms with Crippen LogP contribution in [0.15, 0.2) is 34.7 Å². The molecular weight excluding hydrogens is 596 g/mol. The Labute approximate surface area is 259 Å². The van der Waals surface area contributed by atoms with E-state index in [4.69, 9.17) is 28.1 Å². The molecule has 1 saturated carbocycles. The Bertz CT molecular complexity index is 1270. The molecule has 4 heterocycles. The first-order chi connectivity index (χ1) is 21.3. The summed E-state index contributed by atoms with van der Waals surface area (Å²) in [5.74, 6) is -1.40. The number of hydrogen-bond donors (Lipinski definition) is 6. The molecule has 45 heavy (non-hydrogen) atoms. The van der Waals surface area contributed by atoms with Gasteiger partial charge in [0.25, 0.3) is 0 Å². The average Bonchev–Trinajstić information content (AvgIpc) is 3.55. The van der Waals surface area contributed by atoms with Gasteiger partial charge in [-0.15, -0.1) is 0 Å². The van der Waals surface area contributed by atoms with Crippen LogP contribution in [0.1, 0.15) is 57.6 Å². The lowest BCUT2D eigenvalue weighted by atomic mass is 9.45. The molecule has 1 aromatic rings. The third-order valence-corrected chi connectivity index (χ3v) is 10.8. The predicted octanol–water partition coefficient (Wildman–Crippen LogP) is -0.167. The van der Waals surface area contributed by atoms with Crippen LogP contribution in [0, 0.1) is 22.7 Å². The van der Waals surface area contributed by atoms with Crippen molar-refractivity contribution in [1.82, 2.24) is 0 Å². The van der Waals surface area contributed by atoms with Crippen LogP contribution in [-0.4, -0.2) is 111 Å². The standard InChI is InChI=1S/C31H42O14/c1-30-8-6-16-26(38)43-18(14-7-9-40-11-14)10-31(16,2)20(30)5-3-4-15(30)27(39)45-29-25(37)23(35)22(34)19(44-29)13-42-28-24(36)21(33)17(32)12-41-28/h4,7,9,11,16-25,28-29,32-37H,3,5-6,8,10,12-13H2,1-2H3/t16-,17-,18+,19-,20-,21+,22-,23+,24-,25-,28+,29+,30+,31-/m1/s1. The highest BCUT2D eigenvalue weighted by atomic mass is 16.7. The zero-order chi connectivity index (χ0) is 32.3. The summed E-state index contributed by atoms with van der Waals surface area (Å²) in [5.41, 5.74) is 0.0255. The van der Waals surface area contributed by atoms with Crippen LogP contribution in [0.25, 0.3) is 0 Å². The highest BCUT2D eigenvalue weighted by molar-refractivity contribution is 5.90. The number of ether oxygens (including phenoxy) is 5. The van der Waals surface area contributed by atoms with Crippen molar-refractivity contribution in [3.05, 3.63) is 35.8 Å². The van der Waals surface area contributed by atoms with Gasteiger partial charge in [-0.05, 0) is 49.5 Å². The molecule has 1 aromatic heterocycles. The van der Waals surface area contributed by atoms with Crippen LogP contribution < -0.4 is 0 Å². The van der Waals surface area contributed by atoms with E-state index in [9.17, 15) is 40.2 Å². The molecule has 250 valence electrons. The number of aliphatic hydroxyl groups excluding tert-OH is 6. The molecule has 0 bridgehead atoms. The fourth-order valence-electron chi connectivity index (χ4n) is 8.25. The van der Waals surface area contributed by atoms with Crippen LogP contribution in [0.4, 0.5) is 0 Å². The number of allylic oxidation sites excluding steroid dienone is 1. The number of cyclic esters (lactones) is 1. The van der Waals surface area contributed by atoms with Gasteiger partial charge in [-0.25, -0.2) is 4.79 Å². The van der Waals surface area contributed by atoms with Crippen molar-refractivity contribution in [2.45, 2.75) is 107 Å². The SMILES string of the molecule is C[C@@]12C[C@@H](c3ccoc3)OC(=O)[C@H]1CC[C@@]1(C)C(C(=O)O[C@@H]3O[C@H](CO[C@@H]4OC[C@@H](O)[C@H](O)[C@H]4O)[C@@H](O)[C@H](O)[C@H]3O)=CCC[C@@H]21. The molecule has 5 aliphatic rings. The van der Waals surface area contributed by atoms with E-state index in [1.54, 1.807) is 12.3 Å². The Morgan fingerprint density at radius 1 is 1.00 bits per heavy atom. The minimum Gasteiger partial charge on any atom is -0.472 e. The Morgan fingerprint density at radius 2 is 1.76 bits per heavy atom. The summed E-state index contributed by atoms with van der Waals surface area (Å²) in [6.07, 6.45) is -6.57. The number of aliphatic hydroxyl groups is 6. The molecule has 14 nitrogen and oxygen atoms in total. The number of hydrogen-bond acceptors (Lipinski definition) is 14. The number of rotatable bonds is 6. The van der Waals surface area contributed by atoms with Crippen LogP contribution in [0.3, 0.4) is 0 Å². The molecule has 4 fully saturated rings. The molecule has 14 atom stereocenters.